The molecule has 2 heterocycles. The van der Waals surface area contributed by atoms with Crippen LogP contribution in [0.1, 0.15) is 40.8 Å². The molecule has 1 unspecified atom stereocenters. The smallest absolute Gasteiger partial charge is 0.234 e. The molecule has 6 rings (SSSR count). The van der Waals surface area contributed by atoms with Crippen LogP contribution in [-0.4, -0.2) is 30.9 Å². The second kappa shape index (κ2) is 11.6. The molecule has 6 nitrogen and oxygen atoms in total. The van der Waals surface area contributed by atoms with E-state index in [1.54, 1.807) is 0 Å². The molecule has 2 aromatic heterocycles. The molecule has 0 bridgehead atoms. The van der Waals surface area contributed by atoms with E-state index in [-0.39, 0.29) is 11.9 Å². The van der Waals surface area contributed by atoms with Crippen molar-refractivity contribution in [1.82, 2.24) is 25.1 Å². The van der Waals surface area contributed by atoms with E-state index >= 15 is 0 Å². The topological polar surface area (TPSA) is 72.7 Å². The Bertz CT molecular complexity index is 1780. The highest BCUT2D eigenvalue weighted by Gasteiger charge is 2.23. The molecule has 0 aliphatic heterocycles. The van der Waals surface area contributed by atoms with Crippen LogP contribution in [0.2, 0.25) is 0 Å². The van der Waals surface area contributed by atoms with Crippen molar-refractivity contribution in [3.63, 3.8) is 0 Å². The van der Waals surface area contributed by atoms with E-state index in [4.69, 9.17) is 4.98 Å². The zero-order valence-electron chi connectivity index (χ0n) is 23.3. The summed E-state index contributed by atoms with van der Waals surface area (Å²) in [5.74, 6) is -0.0905. The van der Waals surface area contributed by atoms with Crippen LogP contribution in [0, 0.1) is 13.8 Å². The summed E-state index contributed by atoms with van der Waals surface area (Å²) >= 11 is 1.32. The third-order valence-electron chi connectivity index (χ3n) is 7.27. The lowest BCUT2D eigenvalue weighted by Gasteiger charge is -2.21. The first kappa shape index (κ1) is 26.7. The fraction of sp³-hybridized carbons (Fsp3) is 0.176. The highest BCUT2D eigenvalue weighted by molar-refractivity contribution is 8.00. The Morgan fingerprint density at radius 3 is 2.12 bits per heavy atom. The first-order valence-corrected chi connectivity index (χ1v) is 14.6. The van der Waals surface area contributed by atoms with Gasteiger partial charge >= 0.3 is 0 Å². The Hall–Kier alpha value is -4.49. The number of hydrogen-bond donors (Lipinski definition) is 1. The largest absolute Gasteiger partial charge is 0.344 e. The van der Waals surface area contributed by atoms with E-state index in [1.807, 2.05) is 67.6 Å². The number of carbonyl (C=O) groups excluding carboxylic acids is 1. The molecule has 41 heavy (non-hydrogen) atoms. The minimum absolute atomic E-state index is 0.0905. The molecule has 1 atom stereocenters. The molecule has 0 spiro atoms. The summed E-state index contributed by atoms with van der Waals surface area (Å²) in [6, 6.07) is 34.7. The summed E-state index contributed by atoms with van der Waals surface area (Å²) in [6.07, 6.45) is 0. The predicted molar refractivity (Wildman–Crippen MR) is 166 cm³/mol. The number of carbonyl (C=O) groups is 1. The molecule has 0 saturated carbocycles. The van der Waals surface area contributed by atoms with E-state index in [9.17, 15) is 4.79 Å². The number of aryl methyl sites for hydroxylation is 2. The minimum atomic E-state index is -0.429. The molecule has 0 radical (unpaired) electrons. The number of hydrogen-bond acceptors (Lipinski definition) is 5. The number of thioether (sulfide) groups is 1. The van der Waals surface area contributed by atoms with Gasteiger partial charge in [-0.3, -0.25) is 4.79 Å². The van der Waals surface area contributed by atoms with Gasteiger partial charge in [0.05, 0.1) is 16.8 Å². The lowest BCUT2D eigenvalue weighted by atomic mass is 9.98. The van der Waals surface area contributed by atoms with Crippen molar-refractivity contribution < 1.29 is 4.79 Å². The summed E-state index contributed by atoms with van der Waals surface area (Å²) in [5.41, 5.74) is 8.22. The van der Waals surface area contributed by atoms with Crippen molar-refractivity contribution in [2.75, 3.05) is 0 Å². The van der Waals surface area contributed by atoms with Gasteiger partial charge in [-0.25, -0.2) is 4.98 Å². The van der Waals surface area contributed by atoms with Crippen molar-refractivity contribution in [2.45, 2.75) is 43.8 Å². The van der Waals surface area contributed by atoms with Crippen molar-refractivity contribution in [3.05, 3.63) is 131 Å². The van der Waals surface area contributed by atoms with Gasteiger partial charge in [-0.05, 0) is 49.6 Å². The first-order valence-electron chi connectivity index (χ1n) is 13.7. The highest BCUT2D eigenvalue weighted by Crippen LogP contribution is 2.30. The van der Waals surface area contributed by atoms with E-state index in [1.165, 1.54) is 22.9 Å². The maximum atomic E-state index is 13.5. The molecule has 0 aliphatic rings. The molecule has 7 heteroatoms. The van der Waals surface area contributed by atoms with Gasteiger partial charge < -0.3 is 9.88 Å². The zero-order chi connectivity index (χ0) is 28.3. The second-order valence-corrected chi connectivity index (χ2v) is 11.7. The van der Waals surface area contributed by atoms with Crippen LogP contribution in [0.4, 0.5) is 0 Å². The van der Waals surface area contributed by atoms with Gasteiger partial charge in [0.15, 0.2) is 5.65 Å². The number of nitrogens with zero attached hydrogens (tertiary/aromatic N) is 4. The third kappa shape index (κ3) is 5.72. The summed E-state index contributed by atoms with van der Waals surface area (Å²) in [6.45, 7) is 6.71. The summed E-state index contributed by atoms with van der Waals surface area (Å²) < 4.78 is 2.19. The Morgan fingerprint density at radius 2 is 1.46 bits per heavy atom. The lowest BCUT2D eigenvalue weighted by Crippen LogP contribution is -2.35. The summed E-state index contributed by atoms with van der Waals surface area (Å²) in [4.78, 5) is 18.4. The molecular formula is C34H31N5OS. The average molecular weight is 558 g/mol. The van der Waals surface area contributed by atoms with Gasteiger partial charge in [0, 0.05) is 11.9 Å². The lowest BCUT2D eigenvalue weighted by molar-refractivity contribution is -0.120. The Kier molecular flexibility index (Phi) is 7.53. The summed E-state index contributed by atoms with van der Waals surface area (Å²) in [5, 5.41) is 13.4. The number of amides is 1. The maximum absolute atomic E-state index is 13.5. The van der Waals surface area contributed by atoms with Crippen LogP contribution in [0.25, 0.3) is 22.1 Å². The predicted octanol–water partition coefficient (Wildman–Crippen LogP) is 7.03. The third-order valence-corrected chi connectivity index (χ3v) is 8.22. The van der Waals surface area contributed by atoms with Crippen LogP contribution in [0.5, 0.6) is 0 Å². The van der Waals surface area contributed by atoms with Gasteiger partial charge in [0.1, 0.15) is 5.52 Å². The van der Waals surface area contributed by atoms with Gasteiger partial charge in [0.25, 0.3) is 0 Å². The molecule has 1 N–H and O–H groups in total. The molecule has 0 saturated heterocycles. The highest BCUT2D eigenvalue weighted by atomic mass is 32.2. The van der Waals surface area contributed by atoms with Crippen molar-refractivity contribution in [2.24, 2.45) is 0 Å². The Morgan fingerprint density at radius 1 is 0.829 bits per heavy atom. The summed E-state index contributed by atoms with van der Waals surface area (Å²) in [7, 11) is 0. The maximum Gasteiger partial charge on any atom is 0.234 e. The van der Waals surface area contributed by atoms with Crippen LogP contribution < -0.4 is 5.32 Å². The van der Waals surface area contributed by atoms with Crippen molar-refractivity contribution >= 4 is 39.7 Å². The molecule has 4 aromatic carbocycles. The molecule has 6 aromatic rings. The molecule has 0 aliphatic carbocycles. The van der Waals surface area contributed by atoms with Crippen molar-refractivity contribution in [3.8, 4) is 0 Å². The van der Waals surface area contributed by atoms with Gasteiger partial charge in [-0.1, -0.05) is 114 Å². The molecule has 204 valence electrons. The van der Waals surface area contributed by atoms with E-state index < -0.39 is 5.25 Å². The van der Waals surface area contributed by atoms with Crippen LogP contribution in [-0.2, 0) is 11.3 Å². The van der Waals surface area contributed by atoms with Gasteiger partial charge in [-0.2, -0.15) is 0 Å². The van der Waals surface area contributed by atoms with Crippen LogP contribution >= 0.6 is 11.8 Å². The number of nitrogens with one attached hydrogen (secondary N) is 1. The Labute approximate surface area is 243 Å². The van der Waals surface area contributed by atoms with E-state index in [0.717, 1.165) is 38.8 Å². The van der Waals surface area contributed by atoms with Crippen LogP contribution in [0.15, 0.2) is 108 Å². The first-order chi connectivity index (χ1) is 20.0. The quantitative estimate of drug-likeness (QED) is 0.203. The van der Waals surface area contributed by atoms with Crippen LogP contribution in [0.3, 0.4) is 0 Å². The standard InChI is InChI=1S/C34H31N5OS/c1-22-14-17-25(18-15-22)21-39-29-19-16-23(2)20-28(29)31-32(39)36-34(38-37-31)41-24(3)33(40)35-30(26-10-6-4-7-11-26)27-12-8-5-9-13-27/h4-20,24,30H,21H2,1-3H3,(H,35,40). The minimum Gasteiger partial charge on any atom is -0.344 e. The molecule has 1 amide bonds. The monoisotopic (exact) mass is 557 g/mol. The second-order valence-electron chi connectivity index (χ2n) is 10.4. The van der Waals surface area contributed by atoms with E-state index in [0.29, 0.717) is 11.7 Å². The van der Waals surface area contributed by atoms with Gasteiger partial charge in [-0.15, -0.1) is 10.2 Å². The molecular weight excluding hydrogens is 526 g/mol. The number of rotatable bonds is 8. The number of fused-ring (bicyclic) bond motifs is 3. The normalized spacial score (nSPS) is 12.2. The van der Waals surface area contributed by atoms with Crippen molar-refractivity contribution in [1.29, 1.82) is 0 Å². The fourth-order valence-corrected chi connectivity index (χ4v) is 5.78. The number of aromatic nitrogens is 4. The fourth-order valence-electron chi connectivity index (χ4n) is 5.06. The SMILES string of the molecule is Cc1ccc(Cn2c3ccc(C)cc3c3nnc(SC(C)C(=O)NC(c4ccccc4)c4ccccc4)nc32)cc1. The van der Waals surface area contributed by atoms with Gasteiger partial charge in [0.2, 0.25) is 11.1 Å². The van der Waals surface area contributed by atoms with E-state index in [2.05, 4.69) is 76.4 Å². The zero-order valence-corrected chi connectivity index (χ0v) is 24.1. The number of benzene rings is 4. The average Bonchev–Trinajstić information content (AvgIpc) is 3.29. The Balaban J connectivity index is 1.29. The molecule has 0 fully saturated rings.